The van der Waals surface area contributed by atoms with E-state index >= 15 is 0 Å². The van der Waals surface area contributed by atoms with Crippen molar-refractivity contribution in [3.05, 3.63) is 28.3 Å². The van der Waals surface area contributed by atoms with Gasteiger partial charge in [0.25, 0.3) is 5.91 Å². The molecule has 24 heavy (non-hydrogen) atoms. The van der Waals surface area contributed by atoms with E-state index in [9.17, 15) is 9.59 Å². The largest absolute Gasteiger partial charge is 0.496 e. The molecule has 1 fully saturated rings. The van der Waals surface area contributed by atoms with E-state index in [1.807, 2.05) is 25.7 Å². The van der Waals surface area contributed by atoms with Gasteiger partial charge < -0.3 is 14.5 Å². The van der Waals surface area contributed by atoms with Crippen LogP contribution in [0.1, 0.15) is 36.2 Å². The highest BCUT2D eigenvalue weighted by Gasteiger charge is 2.27. The number of carbonyl (C=O) groups is 2. The first-order valence-electron chi connectivity index (χ1n) is 8.24. The number of rotatable bonds is 4. The van der Waals surface area contributed by atoms with Gasteiger partial charge >= 0.3 is 0 Å². The average Bonchev–Trinajstić information content (AvgIpc) is 2.53. The fraction of sp³-hybridized carbons (Fsp3) is 0.556. The Balaban J connectivity index is 2.07. The zero-order valence-electron chi connectivity index (χ0n) is 14.8. The molecule has 0 N–H and O–H groups in total. The van der Waals surface area contributed by atoms with Crippen molar-refractivity contribution in [1.29, 1.82) is 0 Å². The SMILES string of the molecule is COc1c(C)cc(Cl)cc1C(=O)N1CCN(C(=O)CC(C)C)CC1. The van der Waals surface area contributed by atoms with E-state index in [2.05, 4.69) is 0 Å². The van der Waals surface area contributed by atoms with Crippen LogP contribution in [0.2, 0.25) is 5.02 Å². The fourth-order valence-electron chi connectivity index (χ4n) is 2.97. The van der Waals surface area contributed by atoms with E-state index in [0.29, 0.717) is 54.9 Å². The average molecular weight is 353 g/mol. The molecule has 1 heterocycles. The highest BCUT2D eigenvalue weighted by Crippen LogP contribution is 2.29. The van der Waals surface area contributed by atoms with Gasteiger partial charge in [0, 0.05) is 37.6 Å². The van der Waals surface area contributed by atoms with E-state index in [-0.39, 0.29) is 11.8 Å². The summed E-state index contributed by atoms with van der Waals surface area (Å²) in [6, 6.07) is 3.42. The Bertz CT molecular complexity index is 623. The Morgan fingerprint density at radius 3 is 2.29 bits per heavy atom. The summed E-state index contributed by atoms with van der Waals surface area (Å²) in [5.41, 5.74) is 1.31. The second-order valence-corrected chi connectivity index (χ2v) is 7.01. The van der Waals surface area contributed by atoms with Crippen LogP contribution < -0.4 is 4.74 Å². The van der Waals surface area contributed by atoms with Gasteiger partial charge in [0.05, 0.1) is 12.7 Å². The first kappa shape index (κ1) is 18.6. The Labute approximate surface area is 148 Å². The number of methoxy groups -OCH3 is 1. The summed E-state index contributed by atoms with van der Waals surface area (Å²) in [5.74, 6) is 0.959. The predicted molar refractivity (Wildman–Crippen MR) is 94.7 cm³/mol. The van der Waals surface area contributed by atoms with Crippen LogP contribution in [-0.4, -0.2) is 54.9 Å². The lowest BCUT2D eigenvalue weighted by Crippen LogP contribution is -2.50. The first-order valence-corrected chi connectivity index (χ1v) is 8.62. The minimum Gasteiger partial charge on any atom is -0.496 e. The van der Waals surface area contributed by atoms with Crippen LogP contribution in [-0.2, 0) is 4.79 Å². The van der Waals surface area contributed by atoms with Gasteiger partial charge in [-0.25, -0.2) is 0 Å². The van der Waals surface area contributed by atoms with Gasteiger partial charge in [-0.1, -0.05) is 25.4 Å². The van der Waals surface area contributed by atoms with E-state index < -0.39 is 0 Å². The van der Waals surface area contributed by atoms with Gasteiger partial charge in [-0.05, 0) is 30.5 Å². The molecule has 1 saturated heterocycles. The molecule has 1 aromatic rings. The summed E-state index contributed by atoms with van der Waals surface area (Å²) < 4.78 is 5.38. The van der Waals surface area contributed by atoms with Crippen molar-refractivity contribution < 1.29 is 14.3 Å². The number of halogens is 1. The number of amides is 2. The van der Waals surface area contributed by atoms with Crippen molar-refractivity contribution in [3.8, 4) is 5.75 Å². The molecular weight excluding hydrogens is 328 g/mol. The van der Waals surface area contributed by atoms with Crippen LogP contribution in [0.15, 0.2) is 12.1 Å². The van der Waals surface area contributed by atoms with Gasteiger partial charge in [0.2, 0.25) is 5.91 Å². The molecule has 0 spiro atoms. The van der Waals surface area contributed by atoms with E-state index in [0.717, 1.165) is 5.56 Å². The highest BCUT2D eigenvalue weighted by atomic mass is 35.5. The molecule has 0 atom stereocenters. The van der Waals surface area contributed by atoms with Crippen LogP contribution >= 0.6 is 11.6 Å². The maximum Gasteiger partial charge on any atom is 0.257 e. The van der Waals surface area contributed by atoms with E-state index in [1.54, 1.807) is 24.1 Å². The van der Waals surface area contributed by atoms with Gasteiger partial charge in [-0.2, -0.15) is 0 Å². The lowest BCUT2D eigenvalue weighted by Gasteiger charge is -2.35. The van der Waals surface area contributed by atoms with Crippen molar-refractivity contribution in [2.45, 2.75) is 27.2 Å². The standard InChI is InChI=1S/C18H25ClN2O3/c1-12(2)9-16(22)20-5-7-21(8-6-20)18(23)15-11-14(19)10-13(3)17(15)24-4/h10-12H,5-9H2,1-4H3. The maximum atomic E-state index is 12.8. The molecular formula is C18H25ClN2O3. The van der Waals surface area contributed by atoms with Crippen molar-refractivity contribution in [2.24, 2.45) is 5.92 Å². The number of piperazine rings is 1. The lowest BCUT2D eigenvalue weighted by atomic mass is 10.1. The smallest absolute Gasteiger partial charge is 0.257 e. The number of ether oxygens (including phenoxy) is 1. The number of aryl methyl sites for hydroxylation is 1. The number of hydrogen-bond donors (Lipinski definition) is 0. The number of nitrogens with zero attached hydrogens (tertiary/aromatic N) is 2. The van der Waals surface area contributed by atoms with Crippen LogP contribution in [0, 0.1) is 12.8 Å². The highest BCUT2D eigenvalue weighted by molar-refractivity contribution is 6.31. The number of hydrogen-bond acceptors (Lipinski definition) is 3. The molecule has 0 aliphatic carbocycles. The van der Waals surface area contributed by atoms with Crippen LogP contribution in [0.3, 0.4) is 0 Å². The summed E-state index contributed by atoms with van der Waals surface area (Å²) in [6.45, 7) is 8.12. The Morgan fingerprint density at radius 1 is 1.17 bits per heavy atom. The number of benzene rings is 1. The van der Waals surface area contributed by atoms with Gasteiger partial charge in [0.15, 0.2) is 0 Å². The third-order valence-electron chi connectivity index (χ3n) is 4.18. The molecule has 1 aromatic carbocycles. The molecule has 0 saturated carbocycles. The van der Waals surface area contributed by atoms with Gasteiger partial charge in [-0.15, -0.1) is 0 Å². The van der Waals surface area contributed by atoms with Gasteiger partial charge in [0.1, 0.15) is 5.75 Å². The van der Waals surface area contributed by atoms with Crippen LogP contribution in [0.5, 0.6) is 5.75 Å². The van der Waals surface area contributed by atoms with Crippen molar-refractivity contribution in [1.82, 2.24) is 9.80 Å². The minimum absolute atomic E-state index is 0.103. The normalized spacial score (nSPS) is 14.9. The third kappa shape index (κ3) is 4.20. The number of carbonyl (C=O) groups excluding carboxylic acids is 2. The third-order valence-corrected chi connectivity index (χ3v) is 4.39. The molecule has 0 unspecified atom stereocenters. The van der Waals surface area contributed by atoms with Crippen LogP contribution in [0.25, 0.3) is 0 Å². The monoisotopic (exact) mass is 352 g/mol. The zero-order valence-corrected chi connectivity index (χ0v) is 15.5. The lowest BCUT2D eigenvalue weighted by molar-refractivity contribution is -0.133. The summed E-state index contributed by atoms with van der Waals surface area (Å²) in [5, 5.41) is 0.516. The molecule has 2 amide bonds. The molecule has 5 nitrogen and oxygen atoms in total. The molecule has 0 aromatic heterocycles. The summed E-state index contributed by atoms with van der Waals surface area (Å²) >= 11 is 6.10. The first-order chi connectivity index (χ1) is 11.3. The van der Waals surface area contributed by atoms with E-state index in [4.69, 9.17) is 16.3 Å². The Hall–Kier alpha value is -1.75. The van der Waals surface area contributed by atoms with Crippen molar-refractivity contribution >= 4 is 23.4 Å². The van der Waals surface area contributed by atoms with Crippen LogP contribution in [0.4, 0.5) is 0 Å². The molecule has 2 rings (SSSR count). The molecule has 132 valence electrons. The molecule has 1 aliphatic heterocycles. The molecule has 0 radical (unpaired) electrons. The summed E-state index contributed by atoms with van der Waals surface area (Å²) in [7, 11) is 1.55. The van der Waals surface area contributed by atoms with E-state index in [1.165, 1.54) is 0 Å². The second-order valence-electron chi connectivity index (χ2n) is 6.57. The fourth-order valence-corrected chi connectivity index (χ4v) is 3.24. The van der Waals surface area contributed by atoms with Crippen molar-refractivity contribution in [3.63, 3.8) is 0 Å². The van der Waals surface area contributed by atoms with Gasteiger partial charge in [-0.3, -0.25) is 9.59 Å². The topological polar surface area (TPSA) is 49.9 Å². The molecule has 6 heteroatoms. The molecule has 0 bridgehead atoms. The Kier molecular flexibility index (Phi) is 6.10. The minimum atomic E-state index is -0.103. The maximum absolute atomic E-state index is 12.8. The van der Waals surface area contributed by atoms with Crippen molar-refractivity contribution in [2.75, 3.05) is 33.3 Å². The predicted octanol–water partition coefficient (Wildman–Crippen LogP) is 2.99. The Morgan fingerprint density at radius 2 is 1.75 bits per heavy atom. The second kappa shape index (κ2) is 7.88. The zero-order chi connectivity index (χ0) is 17.9. The summed E-state index contributed by atoms with van der Waals surface area (Å²) in [6.07, 6.45) is 0.551. The quantitative estimate of drug-likeness (QED) is 0.837. The molecule has 1 aliphatic rings. The summed E-state index contributed by atoms with van der Waals surface area (Å²) in [4.78, 5) is 28.5.